The maximum Gasteiger partial charge on any atom is 0.305 e. The quantitative estimate of drug-likeness (QED) is 0.137. The molecule has 176 valence electrons. The van der Waals surface area contributed by atoms with E-state index in [1.165, 1.54) is 27.0 Å². The summed E-state index contributed by atoms with van der Waals surface area (Å²) in [6, 6.07) is 0. The van der Waals surface area contributed by atoms with Crippen molar-refractivity contribution in [1.82, 2.24) is 0 Å². The smallest absolute Gasteiger partial charge is 0.305 e. The van der Waals surface area contributed by atoms with Crippen molar-refractivity contribution in [1.29, 1.82) is 0 Å². The zero-order chi connectivity index (χ0) is 24.0. The number of ether oxygens (including phenoxy) is 3. The van der Waals surface area contributed by atoms with E-state index in [0.29, 0.717) is 12.0 Å². The lowest BCUT2D eigenvalue weighted by molar-refractivity contribution is -0.149. The molecule has 0 saturated carbocycles. The molecule has 0 aromatic rings. The van der Waals surface area contributed by atoms with Crippen molar-refractivity contribution in [3.8, 4) is 0 Å². The summed E-state index contributed by atoms with van der Waals surface area (Å²) in [4.78, 5) is 47.0. The summed E-state index contributed by atoms with van der Waals surface area (Å²) in [5.41, 5.74) is -0.853. The highest BCUT2D eigenvalue weighted by atomic mass is 16.6. The Morgan fingerprint density at radius 2 is 1.88 bits per heavy atom. The molecule has 1 aliphatic carbocycles. The molecule has 0 N–H and O–H groups in total. The first-order valence-corrected chi connectivity index (χ1v) is 10.9. The molecule has 0 radical (unpaired) electrons. The second-order valence-electron chi connectivity index (χ2n) is 7.58. The average molecular weight is 447 g/mol. The minimum atomic E-state index is -1.17. The van der Waals surface area contributed by atoms with Crippen LogP contribution in [0.5, 0.6) is 0 Å². The van der Waals surface area contributed by atoms with Crippen molar-refractivity contribution in [2.24, 2.45) is 0 Å². The van der Waals surface area contributed by atoms with Crippen LogP contribution in [0.15, 0.2) is 48.1 Å². The number of esters is 3. The topological polar surface area (TPSA) is 96.0 Å². The van der Waals surface area contributed by atoms with Crippen LogP contribution in [0, 0.1) is 0 Å². The SMILES string of the molecule is CCCCCC=CCC1(OC(C)=O)C=CC(=O)/C1=C/C=CC(CCC(=O)OC)OC(C)=O. The third-order valence-electron chi connectivity index (χ3n) is 4.88. The zero-order valence-electron chi connectivity index (χ0n) is 19.4. The van der Waals surface area contributed by atoms with Crippen LogP contribution in [-0.2, 0) is 33.4 Å². The molecule has 0 fully saturated rings. The Morgan fingerprint density at radius 3 is 2.50 bits per heavy atom. The van der Waals surface area contributed by atoms with Crippen LogP contribution in [0.1, 0.15) is 65.7 Å². The highest BCUT2D eigenvalue weighted by molar-refractivity contribution is 6.09. The summed E-state index contributed by atoms with van der Waals surface area (Å²) >= 11 is 0. The van der Waals surface area contributed by atoms with Gasteiger partial charge in [-0.1, -0.05) is 44.1 Å². The van der Waals surface area contributed by atoms with Crippen molar-refractivity contribution in [3.63, 3.8) is 0 Å². The first-order chi connectivity index (χ1) is 15.2. The van der Waals surface area contributed by atoms with Crippen molar-refractivity contribution in [2.45, 2.75) is 77.4 Å². The second-order valence-corrected chi connectivity index (χ2v) is 7.58. The van der Waals surface area contributed by atoms with Crippen LogP contribution in [0.2, 0.25) is 0 Å². The first kappa shape index (κ1) is 27.1. The Labute approximate surface area is 190 Å². The van der Waals surface area contributed by atoms with Crippen molar-refractivity contribution in [3.05, 3.63) is 48.1 Å². The lowest BCUT2D eigenvalue weighted by Crippen LogP contribution is -2.33. The summed E-state index contributed by atoms with van der Waals surface area (Å²) in [7, 11) is 1.29. The number of methoxy groups -OCH3 is 1. The molecule has 0 amide bonds. The van der Waals surface area contributed by atoms with Gasteiger partial charge in [-0.25, -0.2) is 0 Å². The molecule has 0 aliphatic heterocycles. The Hall–Kier alpha value is -2.96. The Morgan fingerprint density at radius 1 is 1.12 bits per heavy atom. The summed E-state index contributed by atoms with van der Waals surface area (Å²) in [6.45, 7) is 4.72. The lowest BCUT2D eigenvalue weighted by atomic mass is 9.91. The number of allylic oxidation sites excluding steroid dienone is 4. The Balaban J connectivity index is 3.02. The maximum absolute atomic E-state index is 12.5. The molecule has 2 unspecified atom stereocenters. The molecular formula is C25H34O7. The second kappa shape index (κ2) is 14.2. The standard InChI is InChI=1S/C25H34O7/c1-5-6-7-8-9-10-17-25(32-20(3)27)18-16-23(28)22(25)13-11-12-21(31-19(2)26)14-15-24(29)30-4/h9-13,16,18,21H,5-8,14-15,17H2,1-4H3/b10-9?,12-11?,22-13-. The van der Waals surface area contributed by atoms with Crippen LogP contribution in [0.3, 0.4) is 0 Å². The summed E-state index contributed by atoms with van der Waals surface area (Å²) in [5.74, 6) is -1.65. The van der Waals surface area contributed by atoms with Crippen LogP contribution in [0.25, 0.3) is 0 Å². The molecular weight excluding hydrogens is 412 g/mol. The Kier molecular flexibility index (Phi) is 12.0. The number of hydrogen-bond donors (Lipinski definition) is 0. The number of rotatable bonds is 13. The van der Waals surface area contributed by atoms with Crippen LogP contribution >= 0.6 is 0 Å². The number of unbranched alkanes of at least 4 members (excludes halogenated alkanes) is 3. The van der Waals surface area contributed by atoms with Crippen molar-refractivity contribution >= 4 is 23.7 Å². The van der Waals surface area contributed by atoms with Crippen LogP contribution in [-0.4, -0.2) is 42.5 Å². The van der Waals surface area contributed by atoms with Gasteiger partial charge in [0.15, 0.2) is 11.4 Å². The summed E-state index contributed by atoms with van der Waals surface area (Å²) < 4.78 is 15.4. The zero-order valence-corrected chi connectivity index (χ0v) is 19.4. The van der Waals surface area contributed by atoms with E-state index >= 15 is 0 Å². The number of carbonyl (C=O) groups excluding carboxylic acids is 4. The van der Waals surface area contributed by atoms with Gasteiger partial charge in [-0.3, -0.25) is 19.2 Å². The van der Waals surface area contributed by atoms with E-state index < -0.39 is 29.6 Å². The molecule has 0 bridgehead atoms. The van der Waals surface area contributed by atoms with E-state index in [-0.39, 0.29) is 18.6 Å². The predicted molar refractivity (Wildman–Crippen MR) is 121 cm³/mol. The van der Waals surface area contributed by atoms with Gasteiger partial charge in [-0.05, 0) is 37.5 Å². The number of ketones is 1. The fourth-order valence-electron chi connectivity index (χ4n) is 3.32. The largest absolute Gasteiger partial charge is 0.469 e. The molecule has 0 heterocycles. The van der Waals surface area contributed by atoms with Gasteiger partial charge < -0.3 is 14.2 Å². The fourth-order valence-corrected chi connectivity index (χ4v) is 3.32. The third-order valence-corrected chi connectivity index (χ3v) is 4.88. The van der Waals surface area contributed by atoms with Gasteiger partial charge in [0, 0.05) is 32.3 Å². The van der Waals surface area contributed by atoms with Crippen LogP contribution < -0.4 is 0 Å². The van der Waals surface area contributed by atoms with Crippen molar-refractivity contribution in [2.75, 3.05) is 7.11 Å². The van der Waals surface area contributed by atoms with E-state index in [1.807, 2.05) is 12.2 Å². The summed E-state index contributed by atoms with van der Waals surface area (Å²) in [6.07, 6.45) is 16.0. The van der Waals surface area contributed by atoms with E-state index in [1.54, 1.807) is 24.3 Å². The van der Waals surface area contributed by atoms with Crippen molar-refractivity contribution < 1.29 is 33.4 Å². The molecule has 0 saturated heterocycles. The normalized spacial score (nSPS) is 20.2. The molecule has 1 rings (SSSR count). The Bertz CT molecular complexity index is 788. The van der Waals surface area contributed by atoms with Gasteiger partial charge in [0.1, 0.15) is 6.10 Å². The number of carbonyl (C=O) groups is 4. The minimum absolute atomic E-state index is 0.0794. The van der Waals surface area contributed by atoms with E-state index in [2.05, 4.69) is 11.7 Å². The number of hydrogen-bond acceptors (Lipinski definition) is 7. The summed E-state index contributed by atoms with van der Waals surface area (Å²) in [5, 5.41) is 0. The van der Waals surface area contributed by atoms with Crippen LogP contribution in [0.4, 0.5) is 0 Å². The molecule has 7 heteroatoms. The molecule has 0 spiro atoms. The highest BCUT2D eigenvalue weighted by Gasteiger charge is 2.41. The van der Waals surface area contributed by atoms with E-state index in [0.717, 1.165) is 25.7 Å². The van der Waals surface area contributed by atoms with E-state index in [9.17, 15) is 19.2 Å². The molecule has 7 nitrogen and oxygen atoms in total. The van der Waals surface area contributed by atoms with Gasteiger partial charge >= 0.3 is 17.9 Å². The third kappa shape index (κ3) is 9.45. The van der Waals surface area contributed by atoms with E-state index in [4.69, 9.17) is 9.47 Å². The first-order valence-electron chi connectivity index (χ1n) is 10.9. The van der Waals surface area contributed by atoms with Gasteiger partial charge in [-0.2, -0.15) is 0 Å². The van der Waals surface area contributed by atoms with Gasteiger partial charge in [0.25, 0.3) is 0 Å². The predicted octanol–water partition coefficient (Wildman–Crippen LogP) is 4.32. The highest BCUT2D eigenvalue weighted by Crippen LogP contribution is 2.34. The monoisotopic (exact) mass is 446 g/mol. The molecule has 32 heavy (non-hydrogen) atoms. The van der Waals surface area contributed by atoms with Gasteiger partial charge in [-0.15, -0.1) is 0 Å². The molecule has 0 aromatic carbocycles. The average Bonchev–Trinajstić information content (AvgIpc) is 3.03. The molecule has 2 atom stereocenters. The lowest BCUT2D eigenvalue weighted by Gasteiger charge is -2.27. The van der Waals surface area contributed by atoms with Gasteiger partial charge in [0.2, 0.25) is 0 Å². The van der Waals surface area contributed by atoms with Gasteiger partial charge in [0.05, 0.1) is 7.11 Å². The minimum Gasteiger partial charge on any atom is -0.469 e. The molecule has 1 aliphatic rings. The fraction of sp³-hybridized carbons (Fsp3) is 0.520. The molecule has 0 aromatic heterocycles. The maximum atomic E-state index is 12.5.